The Bertz CT molecular complexity index is 841. The number of hydrogen-bond donors (Lipinski definition) is 2. The summed E-state index contributed by atoms with van der Waals surface area (Å²) in [4.78, 5) is 18.4. The van der Waals surface area contributed by atoms with Crippen molar-refractivity contribution in [2.45, 2.75) is 168 Å². The number of likely N-dealkylation sites (tertiary alicyclic amines) is 2. The summed E-state index contributed by atoms with van der Waals surface area (Å²) in [6, 6.07) is 1.08. The molecule has 4 rings (SSSR count). The van der Waals surface area contributed by atoms with Crippen molar-refractivity contribution in [2.75, 3.05) is 39.3 Å². The lowest BCUT2D eigenvalue weighted by atomic mass is 9.75. The summed E-state index contributed by atoms with van der Waals surface area (Å²) in [7, 11) is 0. The van der Waals surface area contributed by atoms with Crippen LogP contribution >= 0.6 is 0 Å². The average Bonchev–Trinajstić information content (AvgIpc) is 2.81. The first-order chi connectivity index (χ1) is 19.5. The second-order valence-electron chi connectivity index (χ2n) is 17.1. The van der Waals surface area contributed by atoms with Gasteiger partial charge in [0.15, 0.2) is 5.78 Å². The molecule has 0 amide bonds. The highest BCUT2D eigenvalue weighted by atomic mass is 16.5. The molecule has 2 aliphatic carbocycles. The average molecular weight is 591 g/mol. The van der Waals surface area contributed by atoms with Gasteiger partial charge >= 0.3 is 0 Å². The number of carbonyl (C=O) groups is 1. The van der Waals surface area contributed by atoms with E-state index in [9.17, 15) is 4.79 Å². The van der Waals surface area contributed by atoms with Crippen LogP contribution in [0.15, 0.2) is 0 Å². The van der Waals surface area contributed by atoms with E-state index in [0.717, 1.165) is 64.0 Å². The van der Waals surface area contributed by atoms with E-state index >= 15 is 0 Å². The van der Waals surface area contributed by atoms with Crippen LogP contribution in [0.4, 0.5) is 0 Å². The van der Waals surface area contributed by atoms with E-state index in [1.807, 2.05) is 0 Å². The van der Waals surface area contributed by atoms with Crippen LogP contribution in [0.25, 0.3) is 0 Å². The number of rotatable bonds is 14. The summed E-state index contributed by atoms with van der Waals surface area (Å²) in [5.74, 6) is 1.11. The molecule has 0 spiro atoms. The van der Waals surface area contributed by atoms with Crippen molar-refractivity contribution in [1.29, 1.82) is 0 Å². The Hall–Kier alpha value is -0.570. The van der Waals surface area contributed by atoms with Crippen LogP contribution in [0.1, 0.15) is 120 Å². The Kier molecular flexibility index (Phi) is 11.6. The fourth-order valence-corrected chi connectivity index (χ4v) is 7.92. The van der Waals surface area contributed by atoms with E-state index in [1.54, 1.807) is 0 Å². The summed E-state index contributed by atoms with van der Waals surface area (Å²) in [6.45, 7) is 26.2. The molecule has 2 saturated carbocycles. The van der Waals surface area contributed by atoms with Gasteiger partial charge in [0, 0.05) is 61.3 Å². The van der Waals surface area contributed by atoms with Crippen molar-refractivity contribution < 1.29 is 14.3 Å². The normalized spacial score (nSPS) is 29.5. The minimum atomic E-state index is -0.353. The number of ether oxygens (including phenoxy) is 2. The van der Waals surface area contributed by atoms with Gasteiger partial charge in [0.1, 0.15) is 0 Å². The maximum absolute atomic E-state index is 13.5. The van der Waals surface area contributed by atoms with E-state index in [4.69, 9.17) is 9.47 Å². The van der Waals surface area contributed by atoms with Gasteiger partial charge in [-0.3, -0.25) is 9.69 Å². The smallest absolute Gasteiger partial charge is 0.152 e. The molecule has 4 aliphatic rings. The Labute approximate surface area is 258 Å². The number of nitrogens with zero attached hydrogens (tertiary/aromatic N) is 2. The predicted molar refractivity (Wildman–Crippen MR) is 173 cm³/mol. The predicted octanol–water partition coefficient (Wildman–Crippen LogP) is 5.41. The van der Waals surface area contributed by atoms with E-state index in [-0.39, 0.29) is 16.5 Å². The number of Topliss-reactive ketones (excluding diaryl/α,β-unsaturated/α-hetero) is 1. The summed E-state index contributed by atoms with van der Waals surface area (Å²) < 4.78 is 12.9. The highest BCUT2D eigenvalue weighted by molar-refractivity contribution is 5.86. The molecule has 0 bridgehead atoms. The van der Waals surface area contributed by atoms with Crippen molar-refractivity contribution >= 4 is 5.78 Å². The molecule has 0 aromatic carbocycles. The lowest BCUT2D eigenvalue weighted by molar-refractivity contribution is -0.131. The molecule has 2 aliphatic heterocycles. The topological polar surface area (TPSA) is 66.1 Å². The maximum atomic E-state index is 13.5. The first kappa shape index (κ1) is 34.3. The molecule has 2 N–H and O–H groups in total. The Morgan fingerprint density at radius 3 is 1.62 bits per heavy atom. The largest absolute Gasteiger partial charge is 0.375 e. The van der Waals surface area contributed by atoms with Crippen LogP contribution in [-0.4, -0.2) is 102 Å². The Morgan fingerprint density at radius 1 is 0.714 bits per heavy atom. The van der Waals surface area contributed by atoms with Gasteiger partial charge in [-0.25, -0.2) is 0 Å². The monoisotopic (exact) mass is 591 g/mol. The minimum Gasteiger partial charge on any atom is -0.375 e. The van der Waals surface area contributed by atoms with Crippen LogP contribution in [0.3, 0.4) is 0 Å². The third kappa shape index (κ3) is 10.8. The van der Waals surface area contributed by atoms with Gasteiger partial charge in [-0.1, -0.05) is 27.7 Å². The fourth-order valence-electron chi connectivity index (χ4n) is 7.92. The van der Waals surface area contributed by atoms with Crippen LogP contribution in [0.2, 0.25) is 0 Å². The first-order valence-corrected chi connectivity index (χ1v) is 17.4. The summed E-state index contributed by atoms with van der Waals surface area (Å²) in [6.07, 6.45) is 11.3. The fraction of sp³-hybridized carbons (Fsp3) is 0.971. The van der Waals surface area contributed by atoms with Crippen LogP contribution in [0.5, 0.6) is 0 Å². The third-order valence-corrected chi connectivity index (χ3v) is 9.89. The van der Waals surface area contributed by atoms with Crippen molar-refractivity contribution in [3.63, 3.8) is 0 Å². The molecule has 42 heavy (non-hydrogen) atoms. The molecule has 0 unspecified atom stereocenters. The van der Waals surface area contributed by atoms with Crippen LogP contribution in [0, 0.1) is 11.3 Å². The number of piperidine rings is 2. The van der Waals surface area contributed by atoms with Gasteiger partial charge in [-0.15, -0.1) is 0 Å². The molecule has 4 fully saturated rings. The Morgan fingerprint density at radius 2 is 1.17 bits per heavy atom. The van der Waals surface area contributed by atoms with Gasteiger partial charge in [0.25, 0.3) is 0 Å². The SMILES string of the molecule is CC(C)CN1CCC(OC2CC(NC(C)(C)CC(C)(C)C(=O)CN3CCC(OC4CC(NC(C)(C)C)C4)CC3)C2)CC1. The van der Waals surface area contributed by atoms with E-state index in [1.165, 1.54) is 32.5 Å². The molecule has 7 nitrogen and oxygen atoms in total. The van der Waals surface area contributed by atoms with Crippen molar-refractivity contribution in [3.05, 3.63) is 0 Å². The number of carbonyl (C=O) groups excluding carboxylic acids is 1. The Balaban J connectivity index is 1.09. The summed E-state index contributed by atoms with van der Waals surface area (Å²) >= 11 is 0. The molecule has 0 radical (unpaired) electrons. The van der Waals surface area contributed by atoms with Gasteiger partial charge in [0.2, 0.25) is 0 Å². The minimum absolute atomic E-state index is 0.0830. The molecule has 2 saturated heterocycles. The van der Waals surface area contributed by atoms with E-state index in [2.05, 4.69) is 82.7 Å². The quantitative estimate of drug-likeness (QED) is 0.281. The zero-order valence-electron chi connectivity index (χ0n) is 28.8. The van der Waals surface area contributed by atoms with E-state index in [0.29, 0.717) is 48.8 Å². The second-order valence-corrected chi connectivity index (χ2v) is 17.1. The third-order valence-electron chi connectivity index (χ3n) is 9.89. The highest BCUT2D eigenvalue weighted by Gasteiger charge is 2.40. The van der Waals surface area contributed by atoms with E-state index < -0.39 is 0 Å². The maximum Gasteiger partial charge on any atom is 0.152 e. The number of hydrogen-bond acceptors (Lipinski definition) is 7. The highest BCUT2D eigenvalue weighted by Crippen LogP contribution is 2.34. The number of ketones is 1. The molecular weight excluding hydrogens is 524 g/mol. The van der Waals surface area contributed by atoms with Gasteiger partial charge in [-0.05, 0) is 98.3 Å². The van der Waals surface area contributed by atoms with Crippen LogP contribution in [-0.2, 0) is 14.3 Å². The van der Waals surface area contributed by atoms with Gasteiger partial charge < -0.3 is 25.0 Å². The lowest BCUT2D eigenvalue weighted by Gasteiger charge is -2.45. The molecule has 0 aromatic rings. The number of nitrogens with one attached hydrogen (secondary N) is 2. The lowest BCUT2D eigenvalue weighted by Crippen LogP contribution is -2.56. The van der Waals surface area contributed by atoms with Gasteiger partial charge in [-0.2, -0.15) is 0 Å². The zero-order chi connectivity index (χ0) is 30.7. The molecular formula is C35H66N4O3. The molecule has 7 heteroatoms. The second kappa shape index (κ2) is 14.2. The van der Waals surface area contributed by atoms with Gasteiger partial charge in [0.05, 0.1) is 31.0 Å². The van der Waals surface area contributed by atoms with Crippen molar-refractivity contribution in [2.24, 2.45) is 11.3 Å². The molecule has 244 valence electrons. The molecule has 0 atom stereocenters. The molecule has 0 aromatic heterocycles. The zero-order valence-corrected chi connectivity index (χ0v) is 28.8. The first-order valence-electron chi connectivity index (χ1n) is 17.4. The standard InChI is InChI=1S/C35H66N4O3/c1-25(2)22-38-14-10-28(11-15-38)42-31-20-27(21-31)37-35(8,9)24-34(6,7)32(40)23-39-16-12-29(13-17-39)41-30-18-26(19-30)36-33(3,4)5/h25-31,36-37H,10-24H2,1-9H3. The van der Waals surface area contributed by atoms with Crippen molar-refractivity contribution in [3.8, 4) is 0 Å². The van der Waals surface area contributed by atoms with Crippen molar-refractivity contribution in [1.82, 2.24) is 20.4 Å². The van der Waals surface area contributed by atoms with Crippen LogP contribution < -0.4 is 10.6 Å². The summed E-state index contributed by atoms with van der Waals surface area (Å²) in [5, 5.41) is 7.56. The summed E-state index contributed by atoms with van der Waals surface area (Å²) in [5.41, 5.74) is -0.263. The molecule has 2 heterocycles.